The van der Waals surface area contributed by atoms with Crippen LogP contribution in [0.4, 0.5) is 23.5 Å². The lowest BCUT2D eigenvalue weighted by Crippen LogP contribution is -2.09. The van der Waals surface area contributed by atoms with Gasteiger partial charge in [-0.3, -0.25) is 0 Å². The van der Waals surface area contributed by atoms with E-state index in [4.69, 9.17) is 9.15 Å². The van der Waals surface area contributed by atoms with E-state index in [2.05, 4.69) is 52.0 Å². The van der Waals surface area contributed by atoms with E-state index >= 15 is 0 Å². The smallest absolute Gasteiger partial charge is 0.250 e. The van der Waals surface area contributed by atoms with Gasteiger partial charge >= 0.3 is 0 Å². The summed E-state index contributed by atoms with van der Waals surface area (Å²) in [6.45, 7) is 0.431. The van der Waals surface area contributed by atoms with Gasteiger partial charge in [-0.25, -0.2) is 5.43 Å². The lowest BCUT2D eigenvalue weighted by Gasteiger charge is -2.10. The predicted molar refractivity (Wildman–Crippen MR) is 127 cm³/mol. The zero-order valence-corrected chi connectivity index (χ0v) is 18.7. The quantitative estimate of drug-likeness (QED) is 0.219. The van der Waals surface area contributed by atoms with Crippen LogP contribution in [0.1, 0.15) is 11.3 Å². The summed E-state index contributed by atoms with van der Waals surface area (Å²) < 4.78 is 11.5. The monoisotopic (exact) mass is 493 g/mol. The Balaban J connectivity index is 1.51. The number of halogens is 1. The van der Waals surface area contributed by atoms with Crippen LogP contribution in [0.5, 0.6) is 5.75 Å². The van der Waals surface area contributed by atoms with Crippen LogP contribution in [0.3, 0.4) is 0 Å². The van der Waals surface area contributed by atoms with E-state index in [1.54, 1.807) is 19.6 Å². The lowest BCUT2D eigenvalue weighted by atomic mass is 10.2. The Morgan fingerprint density at radius 2 is 1.72 bits per heavy atom. The fourth-order valence-electron chi connectivity index (χ4n) is 2.66. The van der Waals surface area contributed by atoms with Crippen LogP contribution >= 0.6 is 15.9 Å². The van der Waals surface area contributed by atoms with Gasteiger partial charge in [-0.05, 0) is 54.1 Å². The van der Waals surface area contributed by atoms with Crippen molar-refractivity contribution < 1.29 is 9.15 Å². The molecule has 0 aliphatic rings. The molecule has 0 saturated heterocycles. The van der Waals surface area contributed by atoms with Gasteiger partial charge in [-0.2, -0.15) is 20.1 Å². The highest BCUT2D eigenvalue weighted by molar-refractivity contribution is 9.10. The number of nitrogens with zero attached hydrogens (tertiary/aromatic N) is 4. The maximum Gasteiger partial charge on any atom is 0.250 e. The second-order valence-electron chi connectivity index (χ2n) is 6.51. The van der Waals surface area contributed by atoms with Gasteiger partial charge in [0.25, 0.3) is 0 Å². The molecule has 0 saturated carbocycles. The number of hydrogen-bond donors (Lipinski definition) is 3. The number of benzene rings is 2. The largest absolute Gasteiger partial charge is 0.497 e. The number of anilines is 4. The van der Waals surface area contributed by atoms with E-state index in [1.807, 2.05) is 60.7 Å². The Morgan fingerprint density at radius 1 is 0.969 bits per heavy atom. The van der Waals surface area contributed by atoms with E-state index in [0.29, 0.717) is 18.4 Å². The molecule has 4 aromatic rings. The van der Waals surface area contributed by atoms with Crippen LogP contribution in [-0.2, 0) is 6.54 Å². The summed E-state index contributed by atoms with van der Waals surface area (Å²) in [5.41, 5.74) is 4.59. The summed E-state index contributed by atoms with van der Waals surface area (Å²) in [5.74, 6) is 2.53. The van der Waals surface area contributed by atoms with Crippen LogP contribution in [0, 0.1) is 0 Å². The fraction of sp³-hybridized carbons (Fsp3) is 0.0909. The summed E-state index contributed by atoms with van der Waals surface area (Å²) in [5, 5.41) is 10.5. The van der Waals surface area contributed by atoms with E-state index in [-0.39, 0.29) is 5.95 Å². The third-order valence-electron chi connectivity index (χ3n) is 4.23. The van der Waals surface area contributed by atoms with Crippen molar-refractivity contribution >= 4 is 45.7 Å². The van der Waals surface area contributed by atoms with Crippen molar-refractivity contribution in [3.05, 3.63) is 82.7 Å². The maximum absolute atomic E-state index is 5.35. The van der Waals surface area contributed by atoms with Crippen LogP contribution in [0.25, 0.3) is 0 Å². The van der Waals surface area contributed by atoms with Crippen molar-refractivity contribution in [3.8, 4) is 5.75 Å². The first-order valence-corrected chi connectivity index (χ1v) is 10.5. The Hall–Kier alpha value is -3.92. The molecule has 9 nitrogen and oxygen atoms in total. The number of furan rings is 1. The first-order chi connectivity index (χ1) is 15.7. The summed E-state index contributed by atoms with van der Waals surface area (Å²) in [4.78, 5) is 13.2. The van der Waals surface area contributed by atoms with Crippen molar-refractivity contribution in [1.82, 2.24) is 15.0 Å². The molecule has 0 bridgehead atoms. The molecule has 3 N–H and O–H groups in total. The van der Waals surface area contributed by atoms with Crippen molar-refractivity contribution in [1.29, 1.82) is 0 Å². The molecular formula is C22H20BrN7O2. The normalized spacial score (nSPS) is 10.8. The Kier molecular flexibility index (Phi) is 6.93. The zero-order chi connectivity index (χ0) is 22.2. The molecule has 2 heterocycles. The van der Waals surface area contributed by atoms with Crippen LogP contribution in [0.2, 0.25) is 0 Å². The Labute approximate surface area is 193 Å². The minimum Gasteiger partial charge on any atom is -0.497 e. The SMILES string of the molecule is COc1ccc(Nc2nc(NCc3ccco3)nc(N/N=C\c3ccc(Br)cc3)n2)cc1. The molecule has 2 aromatic carbocycles. The van der Waals surface area contributed by atoms with E-state index < -0.39 is 0 Å². The number of rotatable bonds is 9. The number of nitrogens with one attached hydrogen (secondary N) is 3. The highest BCUT2D eigenvalue weighted by Crippen LogP contribution is 2.19. The van der Waals surface area contributed by atoms with Crippen molar-refractivity contribution in [2.75, 3.05) is 23.2 Å². The molecule has 0 aliphatic carbocycles. The third kappa shape index (κ3) is 6.05. The average Bonchev–Trinajstić information content (AvgIpc) is 3.33. The number of aromatic nitrogens is 3. The van der Waals surface area contributed by atoms with Gasteiger partial charge in [0, 0.05) is 10.2 Å². The molecule has 0 radical (unpaired) electrons. The van der Waals surface area contributed by atoms with E-state index in [9.17, 15) is 0 Å². The molecule has 0 unspecified atom stereocenters. The molecule has 0 fully saturated rings. The summed E-state index contributed by atoms with van der Waals surface area (Å²) in [7, 11) is 1.62. The van der Waals surface area contributed by atoms with Crippen molar-refractivity contribution in [3.63, 3.8) is 0 Å². The maximum atomic E-state index is 5.35. The summed E-state index contributed by atoms with van der Waals surface area (Å²) in [6, 6.07) is 18.9. The third-order valence-corrected chi connectivity index (χ3v) is 4.76. The van der Waals surface area contributed by atoms with Crippen LogP contribution in [0.15, 0.2) is 80.9 Å². The number of hydrazone groups is 1. The lowest BCUT2D eigenvalue weighted by molar-refractivity contribution is 0.415. The highest BCUT2D eigenvalue weighted by atomic mass is 79.9. The minimum absolute atomic E-state index is 0.284. The summed E-state index contributed by atoms with van der Waals surface area (Å²) in [6.07, 6.45) is 3.30. The zero-order valence-electron chi connectivity index (χ0n) is 17.1. The van der Waals surface area contributed by atoms with Gasteiger partial charge in [0.1, 0.15) is 11.5 Å². The molecule has 4 rings (SSSR count). The molecule has 0 spiro atoms. The van der Waals surface area contributed by atoms with Crippen molar-refractivity contribution in [2.45, 2.75) is 6.54 Å². The molecular weight excluding hydrogens is 474 g/mol. The standard InChI is InChI=1S/C22H20BrN7O2/c1-31-18-10-8-17(9-11-18)26-21-27-20(24-14-19-3-2-12-32-19)28-22(29-21)30-25-13-15-4-6-16(23)7-5-15/h2-13H,14H2,1H3,(H3,24,26,27,28,29,30)/b25-13-. The predicted octanol–water partition coefficient (Wildman–Crippen LogP) is 5.04. The number of hydrogen-bond acceptors (Lipinski definition) is 9. The molecule has 0 aliphatic heterocycles. The van der Waals surface area contributed by atoms with Crippen LogP contribution in [-0.4, -0.2) is 28.3 Å². The molecule has 2 aromatic heterocycles. The van der Waals surface area contributed by atoms with Crippen LogP contribution < -0.4 is 20.8 Å². The molecule has 10 heteroatoms. The van der Waals surface area contributed by atoms with Gasteiger partial charge in [-0.15, -0.1) is 0 Å². The second-order valence-corrected chi connectivity index (χ2v) is 7.43. The van der Waals surface area contributed by atoms with Crippen molar-refractivity contribution in [2.24, 2.45) is 5.10 Å². The minimum atomic E-state index is 0.284. The number of ether oxygens (including phenoxy) is 1. The number of methoxy groups -OCH3 is 1. The molecule has 0 atom stereocenters. The van der Waals surface area contributed by atoms with Gasteiger partial charge in [0.2, 0.25) is 17.8 Å². The van der Waals surface area contributed by atoms with Gasteiger partial charge < -0.3 is 19.8 Å². The van der Waals surface area contributed by atoms with E-state index in [0.717, 1.165) is 27.2 Å². The fourth-order valence-corrected chi connectivity index (χ4v) is 2.92. The van der Waals surface area contributed by atoms with Gasteiger partial charge in [0.05, 0.1) is 26.1 Å². The summed E-state index contributed by atoms with van der Waals surface area (Å²) >= 11 is 3.42. The van der Waals surface area contributed by atoms with E-state index in [1.165, 1.54) is 0 Å². The molecule has 32 heavy (non-hydrogen) atoms. The highest BCUT2D eigenvalue weighted by Gasteiger charge is 2.08. The first-order valence-electron chi connectivity index (χ1n) is 9.66. The Bertz CT molecular complexity index is 1160. The average molecular weight is 494 g/mol. The topological polar surface area (TPSA) is 109 Å². The molecule has 162 valence electrons. The van der Waals surface area contributed by atoms with Gasteiger partial charge in [-0.1, -0.05) is 28.1 Å². The second kappa shape index (κ2) is 10.4. The first kappa shape index (κ1) is 21.3. The van der Waals surface area contributed by atoms with Gasteiger partial charge in [0.15, 0.2) is 0 Å². The molecule has 0 amide bonds. The Morgan fingerprint density at radius 3 is 2.44 bits per heavy atom.